The van der Waals surface area contributed by atoms with Crippen LogP contribution >= 0.6 is 0 Å². The van der Waals surface area contributed by atoms with E-state index >= 15 is 0 Å². The molecule has 0 saturated heterocycles. The molecule has 2 rings (SSSR count). The van der Waals surface area contributed by atoms with Gasteiger partial charge in [0.05, 0.1) is 0 Å². The first kappa shape index (κ1) is 15.7. The molecule has 0 saturated carbocycles. The summed E-state index contributed by atoms with van der Waals surface area (Å²) in [6.45, 7) is 4.59. The number of amides is 1. The van der Waals surface area contributed by atoms with Crippen LogP contribution in [-0.2, 0) is 0 Å². The molecule has 0 unspecified atom stereocenters. The SMILES string of the molecule is Cc1cc(N(C)C)nc(NCCNC(=O)c2cc(C)on2)n1. The van der Waals surface area contributed by atoms with Gasteiger partial charge in [0.2, 0.25) is 5.95 Å². The Hall–Kier alpha value is -2.64. The highest BCUT2D eigenvalue weighted by Gasteiger charge is 2.10. The Morgan fingerprint density at radius 1 is 1.23 bits per heavy atom. The summed E-state index contributed by atoms with van der Waals surface area (Å²) < 4.78 is 4.86. The van der Waals surface area contributed by atoms with Crippen molar-refractivity contribution in [2.24, 2.45) is 0 Å². The minimum absolute atomic E-state index is 0.266. The number of rotatable bonds is 6. The lowest BCUT2D eigenvalue weighted by Gasteiger charge is -2.13. The van der Waals surface area contributed by atoms with Gasteiger partial charge in [-0.1, -0.05) is 5.16 Å². The highest BCUT2D eigenvalue weighted by molar-refractivity contribution is 5.92. The molecule has 0 fully saturated rings. The van der Waals surface area contributed by atoms with Gasteiger partial charge in [-0.3, -0.25) is 4.79 Å². The number of nitrogens with one attached hydrogen (secondary N) is 2. The number of nitrogens with zero attached hydrogens (tertiary/aromatic N) is 4. The van der Waals surface area contributed by atoms with Crippen LogP contribution in [0.15, 0.2) is 16.7 Å². The minimum Gasteiger partial charge on any atom is -0.363 e. The molecule has 0 bridgehead atoms. The van der Waals surface area contributed by atoms with E-state index in [1.165, 1.54) is 0 Å². The third-order valence-electron chi connectivity index (χ3n) is 2.85. The molecule has 2 aromatic heterocycles. The zero-order chi connectivity index (χ0) is 16.1. The maximum Gasteiger partial charge on any atom is 0.273 e. The van der Waals surface area contributed by atoms with Crippen LogP contribution in [0.25, 0.3) is 0 Å². The maximum absolute atomic E-state index is 11.8. The second kappa shape index (κ2) is 6.88. The molecular formula is C14H20N6O2. The highest BCUT2D eigenvalue weighted by atomic mass is 16.5. The van der Waals surface area contributed by atoms with Gasteiger partial charge in [0.25, 0.3) is 5.91 Å². The van der Waals surface area contributed by atoms with E-state index in [2.05, 4.69) is 25.8 Å². The first-order chi connectivity index (χ1) is 10.5. The number of aromatic nitrogens is 3. The third-order valence-corrected chi connectivity index (χ3v) is 2.85. The molecule has 1 amide bonds. The molecule has 2 aromatic rings. The molecule has 8 nitrogen and oxygen atoms in total. The lowest BCUT2D eigenvalue weighted by atomic mass is 10.3. The number of carbonyl (C=O) groups is 1. The van der Waals surface area contributed by atoms with E-state index in [0.29, 0.717) is 24.8 Å². The number of aryl methyl sites for hydroxylation is 2. The fourth-order valence-electron chi connectivity index (χ4n) is 1.77. The van der Waals surface area contributed by atoms with Crippen LogP contribution in [0.4, 0.5) is 11.8 Å². The molecule has 0 aliphatic rings. The summed E-state index contributed by atoms with van der Waals surface area (Å²) in [5, 5.41) is 9.49. The summed E-state index contributed by atoms with van der Waals surface area (Å²) in [5.41, 5.74) is 1.16. The Morgan fingerprint density at radius 3 is 2.64 bits per heavy atom. The molecule has 0 radical (unpaired) electrons. The van der Waals surface area contributed by atoms with Gasteiger partial charge in [-0.15, -0.1) is 0 Å². The molecule has 0 aliphatic heterocycles. The molecule has 2 heterocycles. The second-order valence-corrected chi connectivity index (χ2v) is 5.09. The summed E-state index contributed by atoms with van der Waals surface area (Å²) in [6.07, 6.45) is 0. The molecule has 0 spiro atoms. The summed E-state index contributed by atoms with van der Waals surface area (Å²) in [4.78, 5) is 22.4. The Morgan fingerprint density at radius 2 is 2.00 bits per heavy atom. The summed E-state index contributed by atoms with van der Waals surface area (Å²) in [7, 11) is 3.84. The van der Waals surface area contributed by atoms with Crippen molar-refractivity contribution in [3.05, 3.63) is 29.3 Å². The third kappa shape index (κ3) is 4.18. The van der Waals surface area contributed by atoms with Crippen LogP contribution in [0.5, 0.6) is 0 Å². The van der Waals surface area contributed by atoms with Crippen molar-refractivity contribution in [1.29, 1.82) is 0 Å². The van der Waals surface area contributed by atoms with Gasteiger partial charge in [-0.25, -0.2) is 4.98 Å². The molecule has 0 aliphatic carbocycles. The van der Waals surface area contributed by atoms with Gasteiger partial charge >= 0.3 is 0 Å². The minimum atomic E-state index is -0.266. The van der Waals surface area contributed by atoms with Gasteiger partial charge < -0.3 is 20.1 Å². The smallest absolute Gasteiger partial charge is 0.273 e. The van der Waals surface area contributed by atoms with E-state index in [1.807, 2.05) is 32.0 Å². The van der Waals surface area contributed by atoms with Gasteiger partial charge in [0, 0.05) is 45.0 Å². The van der Waals surface area contributed by atoms with Crippen molar-refractivity contribution in [3.63, 3.8) is 0 Å². The zero-order valence-electron chi connectivity index (χ0n) is 13.2. The van der Waals surface area contributed by atoms with E-state index < -0.39 is 0 Å². The molecule has 2 N–H and O–H groups in total. The van der Waals surface area contributed by atoms with E-state index in [9.17, 15) is 4.79 Å². The molecule has 118 valence electrons. The highest BCUT2D eigenvalue weighted by Crippen LogP contribution is 2.11. The van der Waals surface area contributed by atoms with Crippen molar-refractivity contribution in [2.75, 3.05) is 37.4 Å². The average Bonchev–Trinajstić information content (AvgIpc) is 2.89. The molecule has 0 aromatic carbocycles. The van der Waals surface area contributed by atoms with E-state index in [1.54, 1.807) is 13.0 Å². The van der Waals surface area contributed by atoms with Crippen molar-refractivity contribution < 1.29 is 9.32 Å². The number of anilines is 2. The Labute approximate surface area is 128 Å². The zero-order valence-corrected chi connectivity index (χ0v) is 13.2. The Balaban J connectivity index is 1.82. The van der Waals surface area contributed by atoms with Gasteiger partial charge in [-0.2, -0.15) is 4.98 Å². The largest absolute Gasteiger partial charge is 0.363 e. The normalized spacial score (nSPS) is 10.4. The molecule has 8 heteroatoms. The number of hydrogen-bond donors (Lipinski definition) is 2. The predicted octanol–water partition coefficient (Wildman–Crippen LogP) is 0.989. The summed E-state index contributed by atoms with van der Waals surface area (Å²) in [6, 6.07) is 3.50. The lowest BCUT2D eigenvalue weighted by Crippen LogP contribution is -2.29. The summed E-state index contributed by atoms with van der Waals surface area (Å²) >= 11 is 0. The predicted molar refractivity (Wildman–Crippen MR) is 83.2 cm³/mol. The van der Waals surface area contributed by atoms with Gasteiger partial charge in [0.1, 0.15) is 11.6 Å². The molecule has 0 atom stereocenters. The maximum atomic E-state index is 11.8. The monoisotopic (exact) mass is 304 g/mol. The van der Waals surface area contributed by atoms with E-state index in [0.717, 1.165) is 11.5 Å². The summed E-state index contributed by atoms with van der Waals surface area (Å²) in [5.74, 6) is 1.71. The van der Waals surface area contributed by atoms with Crippen LogP contribution < -0.4 is 15.5 Å². The fraction of sp³-hybridized carbons (Fsp3) is 0.429. The van der Waals surface area contributed by atoms with Gasteiger partial charge in [0.15, 0.2) is 5.69 Å². The van der Waals surface area contributed by atoms with Gasteiger partial charge in [-0.05, 0) is 13.8 Å². The lowest BCUT2D eigenvalue weighted by molar-refractivity contribution is 0.0946. The van der Waals surface area contributed by atoms with Crippen LogP contribution in [-0.4, -0.2) is 48.2 Å². The molecule has 22 heavy (non-hydrogen) atoms. The van der Waals surface area contributed by atoms with Crippen LogP contribution in [0, 0.1) is 13.8 Å². The fourth-order valence-corrected chi connectivity index (χ4v) is 1.77. The van der Waals surface area contributed by atoms with Crippen molar-refractivity contribution in [2.45, 2.75) is 13.8 Å². The Kier molecular flexibility index (Phi) is 4.92. The quantitative estimate of drug-likeness (QED) is 0.768. The topological polar surface area (TPSA) is 96.2 Å². The molecular weight excluding hydrogens is 284 g/mol. The van der Waals surface area contributed by atoms with Crippen molar-refractivity contribution in [3.8, 4) is 0 Å². The van der Waals surface area contributed by atoms with Crippen molar-refractivity contribution >= 4 is 17.7 Å². The number of hydrogen-bond acceptors (Lipinski definition) is 7. The number of carbonyl (C=O) groups excluding carboxylic acids is 1. The van der Waals surface area contributed by atoms with Crippen LogP contribution in [0.2, 0.25) is 0 Å². The van der Waals surface area contributed by atoms with E-state index in [4.69, 9.17) is 4.52 Å². The standard InChI is InChI=1S/C14H20N6O2/c1-9-7-12(20(3)4)18-14(17-9)16-6-5-15-13(21)11-8-10(2)22-19-11/h7-8H,5-6H2,1-4H3,(H,15,21)(H,16,17,18). The average molecular weight is 304 g/mol. The van der Waals surface area contributed by atoms with Crippen LogP contribution in [0.1, 0.15) is 21.9 Å². The van der Waals surface area contributed by atoms with Crippen molar-refractivity contribution in [1.82, 2.24) is 20.4 Å². The van der Waals surface area contributed by atoms with E-state index in [-0.39, 0.29) is 11.6 Å². The first-order valence-electron chi connectivity index (χ1n) is 6.94. The first-order valence-corrected chi connectivity index (χ1v) is 6.94. The van der Waals surface area contributed by atoms with Crippen LogP contribution in [0.3, 0.4) is 0 Å². The Bertz CT molecular complexity index is 653. The second-order valence-electron chi connectivity index (χ2n) is 5.09.